The van der Waals surface area contributed by atoms with Crippen LogP contribution >= 0.6 is 15.9 Å². The summed E-state index contributed by atoms with van der Waals surface area (Å²) < 4.78 is 31.8. The van der Waals surface area contributed by atoms with Crippen molar-refractivity contribution in [1.82, 2.24) is 4.31 Å². The number of ether oxygens (including phenoxy) is 1. The Kier molecular flexibility index (Phi) is 6.15. The van der Waals surface area contributed by atoms with Gasteiger partial charge in [-0.25, -0.2) is 8.42 Å². The van der Waals surface area contributed by atoms with Crippen LogP contribution in [0, 0.1) is 6.92 Å². The van der Waals surface area contributed by atoms with Crippen LogP contribution in [-0.2, 0) is 26.2 Å². The van der Waals surface area contributed by atoms with Crippen LogP contribution in [-0.4, -0.2) is 32.3 Å². The zero-order valence-corrected chi connectivity index (χ0v) is 15.8. The highest BCUT2D eigenvalue weighted by atomic mass is 79.9. The van der Waals surface area contributed by atoms with Crippen LogP contribution in [0.5, 0.6) is 0 Å². The van der Waals surface area contributed by atoms with Gasteiger partial charge in [0.1, 0.15) is 13.2 Å². The zero-order chi connectivity index (χ0) is 17.7. The molecular weight excluding hydrogens is 394 g/mol. The third kappa shape index (κ3) is 4.66. The fraction of sp³-hybridized carbons (Fsp3) is 0.235. The second-order valence-corrected chi connectivity index (χ2v) is 8.23. The number of nitrogens with zero attached hydrogens (tertiary/aromatic N) is 1. The highest BCUT2D eigenvalue weighted by Gasteiger charge is 2.23. The number of likely N-dealkylation sites (N-methyl/N-ethyl adjacent to an activating group) is 1. The Bertz CT molecular complexity index is 819. The number of sulfonamides is 1. The van der Waals surface area contributed by atoms with Crippen molar-refractivity contribution >= 4 is 31.9 Å². The molecule has 0 N–H and O–H groups in total. The Balaban J connectivity index is 1.98. The minimum atomic E-state index is -3.72. The molecule has 0 radical (unpaired) electrons. The summed E-state index contributed by atoms with van der Waals surface area (Å²) in [6, 6.07) is 13.8. The summed E-state index contributed by atoms with van der Waals surface area (Å²) in [6.45, 7) is 1.61. The average Bonchev–Trinajstić information content (AvgIpc) is 2.54. The van der Waals surface area contributed by atoms with E-state index in [2.05, 4.69) is 15.9 Å². The smallest absolute Gasteiger partial charge is 0.321 e. The van der Waals surface area contributed by atoms with E-state index in [9.17, 15) is 13.2 Å². The summed E-state index contributed by atoms with van der Waals surface area (Å²) in [4.78, 5) is 12.1. The molecule has 24 heavy (non-hydrogen) atoms. The summed E-state index contributed by atoms with van der Waals surface area (Å²) in [7, 11) is -2.36. The molecule has 0 aliphatic rings. The maximum absolute atomic E-state index is 12.4. The van der Waals surface area contributed by atoms with Gasteiger partial charge in [-0.15, -0.1) is 0 Å². The lowest BCUT2D eigenvalue weighted by Crippen LogP contribution is -2.33. The van der Waals surface area contributed by atoms with E-state index >= 15 is 0 Å². The quantitative estimate of drug-likeness (QED) is 0.684. The zero-order valence-electron chi connectivity index (χ0n) is 13.4. The third-order valence-electron chi connectivity index (χ3n) is 3.43. The van der Waals surface area contributed by atoms with Crippen molar-refractivity contribution in [1.29, 1.82) is 0 Å². The molecule has 0 atom stereocenters. The third-order valence-corrected chi connectivity index (χ3v) is 6.02. The first-order valence-electron chi connectivity index (χ1n) is 7.23. The molecule has 0 saturated heterocycles. The van der Waals surface area contributed by atoms with Crippen molar-refractivity contribution in [2.75, 3.05) is 13.6 Å². The molecule has 5 nitrogen and oxygen atoms in total. The minimum Gasteiger partial charge on any atom is -0.460 e. The van der Waals surface area contributed by atoms with Gasteiger partial charge in [0.15, 0.2) is 0 Å². The van der Waals surface area contributed by atoms with E-state index in [1.165, 1.54) is 19.2 Å². The van der Waals surface area contributed by atoms with Gasteiger partial charge in [0.25, 0.3) is 0 Å². The molecule has 2 aromatic rings. The number of benzene rings is 2. The number of aryl methyl sites for hydroxylation is 1. The Hall–Kier alpha value is -1.70. The summed E-state index contributed by atoms with van der Waals surface area (Å²) in [5, 5.41) is 0. The van der Waals surface area contributed by atoms with Crippen LogP contribution in [0.3, 0.4) is 0 Å². The van der Waals surface area contributed by atoms with Crippen LogP contribution in [0.2, 0.25) is 0 Å². The molecule has 128 valence electrons. The van der Waals surface area contributed by atoms with E-state index in [0.717, 1.165) is 19.9 Å². The molecular formula is C17H18BrNO4S. The van der Waals surface area contributed by atoms with Gasteiger partial charge < -0.3 is 4.74 Å². The van der Waals surface area contributed by atoms with Gasteiger partial charge in [-0.1, -0.05) is 51.8 Å². The SMILES string of the molecule is Cc1ccc(S(=O)(=O)N(C)CC(=O)OCc2ccccc2Br)cc1. The molecule has 7 heteroatoms. The van der Waals surface area contributed by atoms with Crippen molar-refractivity contribution in [2.24, 2.45) is 0 Å². The van der Waals surface area contributed by atoms with E-state index in [4.69, 9.17) is 4.74 Å². The van der Waals surface area contributed by atoms with Crippen LogP contribution in [0.1, 0.15) is 11.1 Å². The fourth-order valence-corrected chi connectivity index (χ4v) is 3.49. The predicted octanol–water partition coefficient (Wildman–Crippen LogP) is 3.12. The Morgan fingerprint density at radius 3 is 2.38 bits per heavy atom. The van der Waals surface area contributed by atoms with E-state index in [1.807, 2.05) is 31.2 Å². The molecule has 0 saturated carbocycles. The highest BCUT2D eigenvalue weighted by Crippen LogP contribution is 2.17. The second-order valence-electron chi connectivity index (χ2n) is 5.33. The number of halogens is 1. The molecule has 0 fully saturated rings. The fourth-order valence-electron chi connectivity index (χ4n) is 1.98. The normalized spacial score (nSPS) is 11.5. The summed E-state index contributed by atoms with van der Waals surface area (Å²) >= 11 is 3.37. The first-order chi connectivity index (χ1) is 11.3. The lowest BCUT2D eigenvalue weighted by molar-refractivity contribution is -0.144. The largest absolute Gasteiger partial charge is 0.460 e. The maximum Gasteiger partial charge on any atom is 0.321 e. The van der Waals surface area contributed by atoms with Crippen LogP contribution in [0.25, 0.3) is 0 Å². The predicted molar refractivity (Wildman–Crippen MR) is 94.9 cm³/mol. The summed E-state index contributed by atoms with van der Waals surface area (Å²) in [5.41, 5.74) is 1.78. The van der Waals surface area contributed by atoms with Gasteiger partial charge in [-0.2, -0.15) is 4.31 Å². The molecule has 0 heterocycles. The molecule has 0 aromatic heterocycles. The number of hydrogen-bond acceptors (Lipinski definition) is 4. The maximum atomic E-state index is 12.4. The standard InChI is InChI=1S/C17H18BrNO4S/c1-13-7-9-15(10-8-13)24(21,22)19(2)11-17(20)23-12-14-5-3-4-6-16(14)18/h3-10H,11-12H2,1-2H3. The summed E-state index contributed by atoms with van der Waals surface area (Å²) in [6.07, 6.45) is 0. The Morgan fingerprint density at radius 2 is 1.75 bits per heavy atom. The van der Waals surface area contributed by atoms with Crippen molar-refractivity contribution in [3.05, 3.63) is 64.1 Å². The molecule has 0 unspecified atom stereocenters. The first-order valence-corrected chi connectivity index (χ1v) is 9.46. The molecule has 0 aliphatic heterocycles. The molecule has 0 amide bonds. The summed E-state index contributed by atoms with van der Waals surface area (Å²) in [5.74, 6) is -0.607. The van der Waals surface area contributed by atoms with Gasteiger partial charge in [-0.05, 0) is 25.1 Å². The number of carbonyl (C=O) groups excluding carboxylic acids is 1. The lowest BCUT2D eigenvalue weighted by Gasteiger charge is -2.16. The van der Waals surface area contributed by atoms with Crippen LogP contribution < -0.4 is 0 Å². The van der Waals surface area contributed by atoms with Crippen LogP contribution in [0.4, 0.5) is 0 Å². The lowest BCUT2D eigenvalue weighted by atomic mass is 10.2. The van der Waals surface area contributed by atoms with Crippen LogP contribution in [0.15, 0.2) is 57.9 Å². The topological polar surface area (TPSA) is 63.7 Å². The number of rotatable bonds is 6. The number of carbonyl (C=O) groups is 1. The molecule has 0 aliphatic carbocycles. The highest BCUT2D eigenvalue weighted by molar-refractivity contribution is 9.10. The van der Waals surface area contributed by atoms with E-state index in [0.29, 0.717) is 0 Å². The monoisotopic (exact) mass is 411 g/mol. The van der Waals surface area contributed by atoms with E-state index < -0.39 is 16.0 Å². The molecule has 2 aromatic carbocycles. The average molecular weight is 412 g/mol. The Morgan fingerprint density at radius 1 is 1.12 bits per heavy atom. The molecule has 0 spiro atoms. The van der Waals surface area contributed by atoms with Gasteiger partial charge in [0, 0.05) is 17.1 Å². The second kappa shape index (κ2) is 7.92. The van der Waals surface area contributed by atoms with E-state index in [-0.39, 0.29) is 18.0 Å². The van der Waals surface area contributed by atoms with Gasteiger partial charge in [0.2, 0.25) is 10.0 Å². The van der Waals surface area contributed by atoms with E-state index in [1.54, 1.807) is 12.1 Å². The van der Waals surface area contributed by atoms with Crippen molar-refractivity contribution in [3.63, 3.8) is 0 Å². The van der Waals surface area contributed by atoms with Gasteiger partial charge >= 0.3 is 5.97 Å². The van der Waals surface area contributed by atoms with Gasteiger partial charge in [-0.3, -0.25) is 4.79 Å². The van der Waals surface area contributed by atoms with Crippen molar-refractivity contribution in [3.8, 4) is 0 Å². The molecule has 2 rings (SSSR count). The molecule has 0 bridgehead atoms. The van der Waals surface area contributed by atoms with Gasteiger partial charge in [0.05, 0.1) is 4.90 Å². The van der Waals surface area contributed by atoms with Crippen molar-refractivity contribution in [2.45, 2.75) is 18.4 Å². The Labute approximate surface area is 150 Å². The number of hydrogen-bond donors (Lipinski definition) is 0. The number of esters is 1. The minimum absolute atomic E-state index is 0.0820. The first kappa shape index (κ1) is 18.6. The van der Waals surface area contributed by atoms with Crippen molar-refractivity contribution < 1.29 is 17.9 Å².